The normalized spacial score (nSPS) is 14.4. The number of hydrogen-bond acceptors (Lipinski definition) is 4. The topological polar surface area (TPSA) is 149 Å². The summed E-state index contributed by atoms with van der Waals surface area (Å²) >= 11 is 0. The van der Waals surface area contributed by atoms with Crippen LogP contribution in [-0.4, -0.2) is 44.3 Å². The van der Waals surface area contributed by atoms with Crippen LogP contribution in [0.25, 0.3) is 12.2 Å². The van der Waals surface area contributed by atoms with Crippen molar-refractivity contribution >= 4 is 36.0 Å². The summed E-state index contributed by atoms with van der Waals surface area (Å²) in [7, 11) is 0. The lowest BCUT2D eigenvalue weighted by Gasteiger charge is -2.20. The van der Waals surface area contributed by atoms with Crippen LogP contribution >= 0.6 is 0 Å². The molecule has 4 N–H and O–H groups in total. The molecule has 0 saturated carbocycles. The Kier molecular flexibility index (Phi) is 6.70. The zero-order valence-electron chi connectivity index (χ0n) is 15.0. The van der Waals surface area contributed by atoms with Crippen LogP contribution in [-0.2, 0) is 22.4 Å². The maximum absolute atomic E-state index is 12.0. The molecule has 0 aromatic heterocycles. The second kappa shape index (κ2) is 8.98. The summed E-state index contributed by atoms with van der Waals surface area (Å²) in [5.74, 6) is -5.27. The van der Waals surface area contributed by atoms with Gasteiger partial charge in [-0.2, -0.15) is 0 Å². The number of carboxylic acids is 4. The summed E-state index contributed by atoms with van der Waals surface area (Å²) in [5.41, 5.74) is 0.165. The van der Waals surface area contributed by atoms with Gasteiger partial charge >= 0.3 is 23.9 Å². The molecule has 1 aromatic carbocycles. The van der Waals surface area contributed by atoms with Gasteiger partial charge in [0.1, 0.15) is 0 Å². The molecule has 0 saturated heterocycles. The van der Waals surface area contributed by atoms with E-state index in [-0.39, 0.29) is 34.2 Å². The van der Waals surface area contributed by atoms with Gasteiger partial charge < -0.3 is 20.4 Å². The van der Waals surface area contributed by atoms with E-state index in [2.05, 4.69) is 0 Å². The first-order valence-corrected chi connectivity index (χ1v) is 8.74. The quantitative estimate of drug-likeness (QED) is 0.543. The Morgan fingerprint density at radius 3 is 1.54 bits per heavy atom. The Balaban J connectivity index is 3.01. The van der Waals surface area contributed by atoms with E-state index in [1.165, 1.54) is 0 Å². The van der Waals surface area contributed by atoms with Gasteiger partial charge in [0.25, 0.3) is 0 Å². The van der Waals surface area contributed by atoms with Crippen molar-refractivity contribution in [3.8, 4) is 0 Å². The Labute approximate surface area is 160 Å². The monoisotopic (exact) mass is 388 g/mol. The molecule has 0 amide bonds. The minimum absolute atomic E-state index is 0.00398. The number of aromatic carboxylic acids is 2. The molecule has 2 bridgehead atoms. The van der Waals surface area contributed by atoms with Crippen LogP contribution in [0.1, 0.15) is 68.7 Å². The van der Waals surface area contributed by atoms with Crippen molar-refractivity contribution < 1.29 is 39.6 Å². The Hall–Kier alpha value is -3.42. The highest BCUT2D eigenvalue weighted by atomic mass is 16.4. The zero-order valence-corrected chi connectivity index (χ0v) is 15.0. The van der Waals surface area contributed by atoms with Crippen molar-refractivity contribution in [3.05, 3.63) is 45.5 Å². The Morgan fingerprint density at radius 1 is 0.607 bits per heavy atom. The summed E-state index contributed by atoms with van der Waals surface area (Å²) in [6, 6.07) is 0. The van der Waals surface area contributed by atoms with Gasteiger partial charge in [-0.25, -0.2) is 19.2 Å². The molecular weight excluding hydrogens is 368 g/mol. The second-order valence-corrected chi connectivity index (χ2v) is 6.40. The summed E-state index contributed by atoms with van der Waals surface area (Å²) < 4.78 is 0. The largest absolute Gasteiger partial charge is 0.478 e. The molecule has 0 radical (unpaired) electrons. The van der Waals surface area contributed by atoms with Gasteiger partial charge in [-0.05, 0) is 60.1 Å². The van der Waals surface area contributed by atoms with Crippen LogP contribution in [0, 0.1) is 0 Å². The first kappa shape index (κ1) is 20.9. The molecule has 148 valence electrons. The smallest absolute Gasteiger partial charge is 0.336 e. The van der Waals surface area contributed by atoms with Crippen molar-refractivity contribution in [1.82, 2.24) is 0 Å². The molecular formula is C20H20O8. The highest BCUT2D eigenvalue weighted by Gasteiger charge is 2.28. The lowest BCUT2D eigenvalue weighted by molar-refractivity contribution is -0.132. The van der Waals surface area contributed by atoms with E-state index in [0.717, 1.165) is 37.1 Å². The SMILES string of the molecule is O=C(O)C=Cc1c(C=CC(=O)O)c(C(=O)O)c2c(C(=O)O)c1CCCCCC2. The van der Waals surface area contributed by atoms with Gasteiger partial charge in [0.05, 0.1) is 11.1 Å². The number of carboxylic acid groups (broad SMARTS) is 4. The highest BCUT2D eigenvalue weighted by molar-refractivity contribution is 6.04. The molecule has 8 heteroatoms. The lowest BCUT2D eigenvalue weighted by atomic mass is 9.83. The van der Waals surface area contributed by atoms with Crippen molar-refractivity contribution in [2.24, 2.45) is 0 Å². The van der Waals surface area contributed by atoms with E-state index in [1.54, 1.807) is 0 Å². The molecule has 28 heavy (non-hydrogen) atoms. The molecule has 1 aromatic rings. The van der Waals surface area contributed by atoms with E-state index in [0.29, 0.717) is 24.8 Å². The molecule has 1 aliphatic carbocycles. The van der Waals surface area contributed by atoms with Crippen LogP contribution in [0.3, 0.4) is 0 Å². The Morgan fingerprint density at radius 2 is 1.07 bits per heavy atom. The first-order valence-electron chi connectivity index (χ1n) is 8.74. The number of hydrogen-bond donors (Lipinski definition) is 4. The zero-order chi connectivity index (χ0) is 20.8. The third kappa shape index (κ3) is 4.64. The van der Waals surface area contributed by atoms with Gasteiger partial charge in [-0.15, -0.1) is 0 Å². The summed E-state index contributed by atoms with van der Waals surface area (Å²) in [5, 5.41) is 37.5. The van der Waals surface area contributed by atoms with Crippen LogP contribution in [0.15, 0.2) is 12.2 Å². The van der Waals surface area contributed by atoms with Crippen LogP contribution in [0.4, 0.5) is 0 Å². The fraction of sp³-hybridized carbons (Fsp3) is 0.300. The summed E-state index contributed by atoms with van der Waals surface area (Å²) in [6.07, 6.45) is 7.20. The van der Waals surface area contributed by atoms with Gasteiger partial charge in [0.2, 0.25) is 0 Å². The molecule has 0 atom stereocenters. The van der Waals surface area contributed by atoms with Gasteiger partial charge in [0, 0.05) is 12.2 Å². The van der Waals surface area contributed by atoms with E-state index in [9.17, 15) is 29.4 Å². The summed E-state index contributed by atoms with van der Waals surface area (Å²) in [4.78, 5) is 46.0. The van der Waals surface area contributed by atoms with Crippen LogP contribution < -0.4 is 0 Å². The van der Waals surface area contributed by atoms with E-state index >= 15 is 0 Å². The van der Waals surface area contributed by atoms with E-state index < -0.39 is 23.9 Å². The molecule has 1 aliphatic rings. The third-order valence-corrected chi connectivity index (χ3v) is 4.61. The Bertz CT molecular complexity index is 892. The van der Waals surface area contributed by atoms with Gasteiger partial charge in [0.15, 0.2) is 0 Å². The summed E-state index contributed by atoms with van der Waals surface area (Å²) in [6.45, 7) is 0. The van der Waals surface area contributed by atoms with Crippen molar-refractivity contribution in [2.75, 3.05) is 0 Å². The minimum Gasteiger partial charge on any atom is -0.478 e. The fourth-order valence-electron chi connectivity index (χ4n) is 3.54. The molecule has 8 nitrogen and oxygen atoms in total. The number of carbonyl (C=O) groups is 4. The molecule has 0 aliphatic heterocycles. The number of aliphatic carboxylic acids is 2. The lowest BCUT2D eigenvalue weighted by Crippen LogP contribution is -2.17. The first-order chi connectivity index (χ1) is 13.2. The van der Waals surface area contributed by atoms with Crippen molar-refractivity contribution in [3.63, 3.8) is 0 Å². The predicted octanol–water partition coefficient (Wildman–Crippen LogP) is 2.94. The number of fused-ring (bicyclic) bond motifs is 2. The average Bonchev–Trinajstić information content (AvgIpc) is 2.67. The van der Waals surface area contributed by atoms with E-state index in [1.807, 2.05) is 0 Å². The standard InChI is InChI=1S/C20H20O8/c21-15(22)9-7-11-12-5-3-1-2-4-6-14(17(12)19(25)26)18(20(27)28)13(11)8-10-16(23)24/h7-10H,1-6H2,(H,21,22)(H,23,24)(H,25,26)(H,27,28). The predicted molar refractivity (Wildman–Crippen MR) is 99.6 cm³/mol. The van der Waals surface area contributed by atoms with Crippen molar-refractivity contribution in [2.45, 2.75) is 38.5 Å². The van der Waals surface area contributed by atoms with Crippen LogP contribution in [0.5, 0.6) is 0 Å². The minimum atomic E-state index is -1.39. The van der Waals surface area contributed by atoms with Crippen LogP contribution in [0.2, 0.25) is 0 Å². The maximum atomic E-state index is 12.0. The number of benzene rings is 1. The molecule has 0 fully saturated rings. The highest BCUT2D eigenvalue weighted by Crippen LogP contribution is 2.34. The van der Waals surface area contributed by atoms with E-state index in [4.69, 9.17) is 10.2 Å². The molecule has 0 spiro atoms. The maximum Gasteiger partial charge on any atom is 0.336 e. The molecule has 0 unspecified atom stereocenters. The van der Waals surface area contributed by atoms with Gasteiger partial charge in [-0.1, -0.05) is 12.8 Å². The second-order valence-electron chi connectivity index (χ2n) is 6.40. The van der Waals surface area contributed by atoms with Crippen molar-refractivity contribution in [1.29, 1.82) is 0 Å². The fourth-order valence-corrected chi connectivity index (χ4v) is 3.54. The number of rotatable bonds is 6. The third-order valence-electron chi connectivity index (χ3n) is 4.61. The molecule has 2 rings (SSSR count). The van der Waals surface area contributed by atoms with Gasteiger partial charge in [-0.3, -0.25) is 0 Å². The molecule has 0 heterocycles. The average molecular weight is 388 g/mol.